The molecule has 38 heavy (non-hydrogen) atoms. The van der Waals surface area contributed by atoms with Gasteiger partial charge in [0.05, 0.1) is 41.1 Å². The number of ether oxygens (including phenoxy) is 2. The molecule has 9 heteroatoms. The summed E-state index contributed by atoms with van der Waals surface area (Å²) in [7, 11) is 1.33. The van der Waals surface area contributed by atoms with Gasteiger partial charge in [-0.05, 0) is 43.7 Å². The predicted octanol–water partition coefficient (Wildman–Crippen LogP) is 3.84. The maximum absolute atomic E-state index is 13.7. The lowest BCUT2D eigenvalue weighted by Crippen LogP contribution is -2.39. The van der Waals surface area contributed by atoms with Crippen LogP contribution in [-0.2, 0) is 14.3 Å². The summed E-state index contributed by atoms with van der Waals surface area (Å²) in [6.45, 7) is 3.71. The zero-order valence-electron chi connectivity index (χ0n) is 21.0. The molecule has 1 atom stereocenters. The van der Waals surface area contributed by atoms with E-state index in [-0.39, 0.29) is 12.2 Å². The lowest BCUT2D eigenvalue weighted by Gasteiger charge is -2.24. The fourth-order valence-electron chi connectivity index (χ4n) is 4.35. The van der Waals surface area contributed by atoms with Crippen LogP contribution in [0.5, 0.6) is 0 Å². The Morgan fingerprint density at radius 1 is 1.05 bits per heavy atom. The standard InChI is InChI=1S/C29H24N2O6S/c1-4-36-28(34)24-17(2)30-29-31(25(24)19-8-6-5-7-9-19)26(32)23(38-29)16-21-14-15-22(37-21)18-10-12-20(13-11-18)27(33)35-3/h5-16,25H,4H2,1-3H3/b23-16-/t25-/m0/s1. The number of aromatic nitrogens is 1. The Balaban J connectivity index is 1.56. The Morgan fingerprint density at radius 3 is 2.47 bits per heavy atom. The Kier molecular flexibility index (Phi) is 6.93. The van der Waals surface area contributed by atoms with Gasteiger partial charge in [0, 0.05) is 11.6 Å². The molecule has 0 N–H and O–H groups in total. The molecule has 1 aliphatic rings. The van der Waals surface area contributed by atoms with Crippen LogP contribution in [0, 0.1) is 0 Å². The van der Waals surface area contributed by atoms with Gasteiger partial charge in [0.15, 0.2) is 4.80 Å². The molecule has 0 aliphatic carbocycles. The van der Waals surface area contributed by atoms with Crippen molar-refractivity contribution in [1.29, 1.82) is 0 Å². The molecule has 2 aromatic carbocycles. The van der Waals surface area contributed by atoms with Crippen molar-refractivity contribution in [3.05, 3.63) is 115 Å². The highest BCUT2D eigenvalue weighted by Crippen LogP contribution is 2.30. The van der Waals surface area contributed by atoms with E-state index in [1.807, 2.05) is 30.3 Å². The first-order chi connectivity index (χ1) is 18.4. The van der Waals surface area contributed by atoms with E-state index in [9.17, 15) is 14.4 Å². The van der Waals surface area contributed by atoms with E-state index < -0.39 is 18.0 Å². The molecule has 0 amide bonds. The zero-order valence-corrected chi connectivity index (χ0v) is 21.8. The van der Waals surface area contributed by atoms with Crippen molar-refractivity contribution in [2.75, 3.05) is 13.7 Å². The number of fused-ring (bicyclic) bond motifs is 1. The molecular formula is C29H24N2O6S. The predicted molar refractivity (Wildman–Crippen MR) is 142 cm³/mol. The summed E-state index contributed by atoms with van der Waals surface area (Å²) < 4.78 is 18.0. The van der Waals surface area contributed by atoms with E-state index in [0.717, 1.165) is 11.1 Å². The molecule has 0 radical (unpaired) electrons. The van der Waals surface area contributed by atoms with Crippen LogP contribution >= 0.6 is 11.3 Å². The molecule has 1 aliphatic heterocycles. The van der Waals surface area contributed by atoms with Crippen LogP contribution in [0.15, 0.2) is 92.2 Å². The molecule has 0 fully saturated rings. The third kappa shape index (κ3) is 4.64. The summed E-state index contributed by atoms with van der Waals surface area (Å²) >= 11 is 1.23. The first-order valence-electron chi connectivity index (χ1n) is 11.9. The number of carbonyl (C=O) groups excluding carboxylic acids is 2. The van der Waals surface area contributed by atoms with Gasteiger partial charge in [-0.15, -0.1) is 0 Å². The summed E-state index contributed by atoms with van der Waals surface area (Å²) in [5.41, 5.74) is 2.58. The van der Waals surface area contributed by atoms with Gasteiger partial charge in [0.25, 0.3) is 5.56 Å². The fourth-order valence-corrected chi connectivity index (χ4v) is 5.37. The highest BCUT2D eigenvalue weighted by atomic mass is 32.1. The molecule has 0 bridgehead atoms. The van der Waals surface area contributed by atoms with E-state index in [4.69, 9.17) is 13.9 Å². The maximum Gasteiger partial charge on any atom is 0.338 e. The summed E-state index contributed by atoms with van der Waals surface area (Å²) in [6.07, 6.45) is 1.67. The lowest BCUT2D eigenvalue weighted by molar-refractivity contribution is -0.139. The number of rotatable bonds is 6. The first kappa shape index (κ1) is 25.2. The average molecular weight is 529 g/mol. The molecule has 0 saturated carbocycles. The normalized spacial score (nSPS) is 15.1. The Bertz CT molecular complexity index is 1730. The van der Waals surface area contributed by atoms with E-state index in [1.54, 1.807) is 60.9 Å². The zero-order chi connectivity index (χ0) is 26.8. The molecule has 2 aromatic heterocycles. The van der Waals surface area contributed by atoms with Gasteiger partial charge in [-0.2, -0.15) is 0 Å². The third-order valence-corrected chi connectivity index (χ3v) is 7.11. The van der Waals surface area contributed by atoms with Gasteiger partial charge < -0.3 is 13.9 Å². The molecule has 0 spiro atoms. The molecule has 192 valence electrons. The third-order valence-electron chi connectivity index (χ3n) is 6.12. The average Bonchev–Trinajstić information content (AvgIpc) is 3.52. The van der Waals surface area contributed by atoms with Crippen LogP contribution in [0.2, 0.25) is 0 Å². The second-order valence-electron chi connectivity index (χ2n) is 8.48. The molecule has 8 nitrogen and oxygen atoms in total. The number of carbonyl (C=O) groups is 2. The van der Waals surface area contributed by atoms with Crippen molar-refractivity contribution in [1.82, 2.24) is 4.57 Å². The van der Waals surface area contributed by atoms with Crippen LogP contribution in [0.1, 0.15) is 41.6 Å². The summed E-state index contributed by atoms with van der Waals surface area (Å²) in [5.74, 6) is 0.163. The van der Waals surface area contributed by atoms with E-state index in [1.165, 1.54) is 18.4 Å². The number of hydrogen-bond donors (Lipinski definition) is 0. The van der Waals surface area contributed by atoms with Crippen LogP contribution in [0.3, 0.4) is 0 Å². The molecular weight excluding hydrogens is 504 g/mol. The van der Waals surface area contributed by atoms with E-state index in [0.29, 0.717) is 37.7 Å². The van der Waals surface area contributed by atoms with Gasteiger partial charge in [-0.1, -0.05) is 53.8 Å². The Morgan fingerprint density at radius 2 is 1.79 bits per heavy atom. The van der Waals surface area contributed by atoms with Crippen LogP contribution in [-0.4, -0.2) is 30.2 Å². The quantitative estimate of drug-likeness (QED) is 0.353. The number of allylic oxidation sites excluding steroid dienone is 1. The number of furan rings is 1. The van der Waals surface area contributed by atoms with Gasteiger partial charge in [-0.25, -0.2) is 14.6 Å². The smallest absolute Gasteiger partial charge is 0.338 e. The SMILES string of the molecule is CCOC(=O)C1=C(C)N=c2s/c(=C\c3ccc(-c4ccc(C(=O)OC)cc4)o3)c(=O)n2[C@H]1c1ccccc1. The molecule has 0 saturated heterocycles. The lowest BCUT2D eigenvalue weighted by atomic mass is 9.96. The van der Waals surface area contributed by atoms with Gasteiger partial charge >= 0.3 is 11.9 Å². The van der Waals surface area contributed by atoms with Gasteiger partial charge in [-0.3, -0.25) is 9.36 Å². The number of benzene rings is 2. The largest absolute Gasteiger partial charge is 0.465 e. The van der Waals surface area contributed by atoms with Crippen molar-refractivity contribution in [2.24, 2.45) is 4.99 Å². The Labute approximate surface area is 221 Å². The second-order valence-corrected chi connectivity index (χ2v) is 9.49. The topological polar surface area (TPSA) is 100 Å². The second kappa shape index (κ2) is 10.5. The minimum absolute atomic E-state index is 0.216. The van der Waals surface area contributed by atoms with Crippen molar-refractivity contribution in [3.63, 3.8) is 0 Å². The minimum Gasteiger partial charge on any atom is -0.465 e. The number of hydrogen-bond acceptors (Lipinski definition) is 8. The van der Waals surface area contributed by atoms with Crippen molar-refractivity contribution in [3.8, 4) is 11.3 Å². The maximum atomic E-state index is 13.7. The summed E-state index contributed by atoms with van der Waals surface area (Å²) in [6, 6.07) is 19.1. The highest BCUT2D eigenvalue weighted by Gasteiger charge is 2.33. The number of thiazole rings is 1. The van der Waals surface area contributed by atoms with Crippen molar-refractivity contribution in [2.45, 2.75) is 19.9 Å². The molecule has 5 rings (SSSR count). The molecule has 0 unspecified atom stereocenters. The summed E-state index contributed by atoms with van der Waals surface area (Å²) in [5, 5.41) is 0. The number of esters is 2. The van der Waals surface area contributed by atoms with Gasteiger partial charge in [0.1, 0.15) is 11.5 Å². The highest BCUT2D eigenvalue weighted by molar-refractivity contribution is 7.07. The Hall–Kier alpha value is -4.50. The minimum atomic E-state index is -0.658. The van der Waals surface area contributed by atoms with E-state index in [2.05, 4.69) is 4.99 Å². The molecule has 3 heterocycles. The van der Waals surface area contributed by atoms with Crippen LogP contribution in [0.25, 0.3) is 17.4 Å². The molecule has 4 aromatic rings. The fraction of sp³-hybridized carbons (Fsp3) is 0.172. The van der Waals surface area contributed by atoms with Gasteiger partial charge in [0.2, 0.25) is 0 Å². The monoisotopic (exact) mass is 528 g/mol. The number of methoxy groups -OCH3 is 1. The first-order valence-corrected chi connectivity index (χ1v) is 12.8. The van der Waals surface area contributed by atoms with E-state index >= 15 is 0 Å². The van der Waals surface area contributed by atoms with Crippen LogP contribution in [0.4, 0.5) is 0 Å². The summed E-state index contributed by atoms with van der Waals surface area (Å²) in [4.78, 5) is 43.4. The van der Waals surface area contributed by atoms with Crippen molar-refractivity contribution < 1.29 is 23.5 Å². The number of nitrogens with zero attached hydrogens (tertiary/aromatic N) is 2. The van der Waals surface area contributed by atoms with Crippen molar-refractivity contribution >= 4 is 29.4 Å². The van der Waals surface area contributed by atoms with Crippen LogP contribution < -0.4 is 14.9 Å².